The molecular weight excluding hydrogens is 272 g/mol. The van der Waals surface area contributed by atoms with Gasteiger partial charge in [0.1, 0.15) is 5.76 Å². The van der Waals surface area contributed by atoms with E-state index in [0.29, 0.717) is 0 Å². The molecule has 0 fully saturated rings. The van der Waals surface area contributed by atoms with Gasteiger partial charge in [0.05, 0.1) is 0 Å². The lowest BCUT2D eigenvalue weighted by atomic mass is 10.2. The monoisotopic (exact) mass is 281 g/mol. The Morgan fingerprint density at radius 1 is 1.12 bits per heavy atom. The van der Waals surface area contributed by atoms with Crippen LogP contribution in [-0.4, -0.2) is 29.7 Å². The molecule has 0 aromatic carbocycles. The summed E-state index contributed by atoms with van der Waals surface area (Å²) in [6.45, 7) is 0. The molecule has 0 bridgehead atoms. The van der Waals surface area contributed by atoms with Crippen molar-refractivity contribution in [1.29, 1.82) is 0 Å². The van der Waals surface area contributed by atoms with Crippen LogP contribution in [0.4, 0.5) is 0 Å². The van der Waals surface area contributed by atoms with E-state index in [-0.39, 0.29) is 5.56 Å². The predicted molar refractivity (Wildman–Crippen MR) is 57.9 cm³/mol. The highest BCUT2D eigenvalue weighted by Gasteiger charge is 2.40. The molecule has 0 unspecified atom stereocenters. The zero-order valence-electron chi connectivity index (χ0n) is 8.20. The molecular formula is C7H9NO7P2. The molecule has 17 heavy (non-hydrogen) atoms. The molecule has 0 aliphatic heterocycles. The van der Waals surface area contributed by atoms with E-state index in [0.717, 1.165) is 6.20 Å². The van der Waals surface area contributed by atoms with E-state index in [9.17, 15) is 14.2 Å². The van der Waals surface area contributed by atoms with Gasteiger partial charge in [-0.25, -0.2) is 0 Å². The Kier molecular flexibility index (Phi) is 3.88. The lowest BCUT2D eigenvalue weighted by Gasteiger charge is -2.13. The highest BCUT2D eigenvalue weighted by Crippen LogP contribution is 2.65. The molecule has 8 nitrogen and oxygen atoms in total. The quantitative estimate of drug-likeness (QED) is 0.400. The summed E-state index contributed by atoms with van der Waals surface area (Å²) < 4.78 is 21.9. The summed E-state index contributed by atoms with van der Waals surface area (Å²) in [4.78, 5) is 38.9. The molecule has 0 amide bonds. The minimum absolute atomic E-state index is 0.200. The molecule has 5 N–H and O–H groups in total. The van der Waals surface area contributed by atoms with Gasteiger partial charge in [0, 0.05) is 18.0 Å². The Bertz CT molecular complexity index is 504. The van der Waals surface area contributed by atoms with Gasteiger partial charge in [-0.2, -0.15) is 0 Å². The maximum Gasteiger partial charge on any atom is 0.368 e. The molecule has 0 atom stereocenters. The first-order chi connectivity index (χ1) is 7.64. The number of aromatic nitrogens is 1. The van der Waals surface area contributed by atoms with Gasteiger partial charge in [-0.05, 0) is 12.1 Å². The van der Waals surface area contributed by atoms with Crippen molar-refractivity contribution in [3.63, 3.8) is 0 Å². The van der Waals surface area contributed by atoms with Crippen molar-refractivity contribution in [2.24, 2.45) is 0 Å². The first-order valence-electron chi connectivity index (χ1n) is 4.10. The lowest BCUT2D eigenvalue weighted by molar-refractivity contribution is 0.365. The Hall–Kier alpha value is -1.01. The number of pyridine rings is 1. The summed E-state index contributed by atoms with van der Waals surface area (Å²) >= 11 is 0. The number of nitrogens with zero attached hydrogens (tertiary/aromatic N) is 1. The largest absolute Gasteiger partial charge is 0.506 e. The fourth-order valence-electron chi connectivity index (χ4n) is 1.08. The summed E-state index contributed by atoms with van der Waals surface area (Å²) in [5.41, 5.74) is -0.200. The fourth-order valence-corrected chi connectivity index (χ4v) is 3.25. The zero-order chi connectivity index (χ0) is 13.3. The van der Waals surface area contributed by atoms with Gasteiger partial charge in [0.15, 0.2) is 5.06 Å². The minimum Gasteiger partial charge on any atom is -0.506 e. The van der Waals surface area contributed by atoms with Crippen LogP contribution >= 0.6 is 15.2 Å². The Morgan fingerprint density at radius 3 is 2.00 bits per heavy atom. The maximum absolute atomic E-state index is 11.0. The summed E-state index contributed by atoms with van der Waals surface area (Å²) in [5.74, 6) is -1.17. The third kappa shape index (κ3) is 3.47. The van der Waals surface area contributed by atoms with Crippen molar-refractivity contribution in [3.8, 4) is 0 Å². The molecule has 0 saturated carbocycles. The average Bonchev–Trinajstić information content (AvgIpc) is 2.14. The van der Waals surface area contributed by atoms with Crippen molar-refractivity contribution < 1.29 is 33.8 Å². The summed E-state index contributed by atoms with van der Waals surface area (Å²) in [7, 11) is -10.6. The van der Waals surface area contributed by atoms with E-state index < -0.39 is 26.0 Å². The van der Waals surface area contributed by atoms with Gasteiger partial charge in [-0.3, -0.25) is 14.1 Å². The van der Waals surface area contributed by atoms with E-state index in [1.54, 1.807) is 0 Å². The SMILES string of the molecule is O=P(O)(O)C(=C(O)c1cccnc1)P(=O)(O)O. The van der Waals surface area contributed by atoms with E-state index in [4.69, 9.17) is 19.6 Å². The second-order valence-corrected chi connectivity index (χ2v) is 6.43. The van der Waals surface area contributed by atoms with Crippen LogP contribution in [0.15, 0.2) is 29.6 Å². The molecule has 1 heterocycles. The normalized spacial score (nSPS) is 12.2. The van der Waals surface area contributed by atoms with E-state index in [1.165, 1.54) is 18.3 Å². The van der Waals surface area contributed by atoms with Gasteiger partial charge >= 0.3 is 15.2 Å². The van der Waals surface area contributed by atoms with Crippen LogP contribution in [0.1, 0.15) is 5.56 Å². The molecule has 94 valence electrons. The van der Waals surface area contributed by atoms with E-state index in [1.807, 2.05) is 0 Å². The standard InChI is InChI=1S/C7H9NO7P2/c9-6(5-2-1-3-8-4-5)7(16(10,11)12)17(13,14)15/h1-4,9H,(H2,10,11,12)(H2,13,14,15). The van der Waals surface area contributed by atoms with Crippen molar-refractivity contribution in [2.45, 2.75) is 0 Å². The third-order valence-electron chi connectivity index (χ3n) is 1.70. The molecule has 0 radical (unpaired) electrons. The van der Waals surface area contributed by atoms with Crippen LogP contribution in [0.3, 0.4) is 0 Å². The molecule has 1 rings (SSSR count). The van der Waals surface area contributed by atoms with E-state index in [2.05, 4.69) is 4.98 Å². The summed E-state index contributed by atoms with van der Waals surface area (Å²) in [5, 5.41) is 7.89. The van der Waals surface area contributed by atoms with Crippen molar-refractivity contribution in [3.05, 3.63) is 35.1 Å². The van der Waals surface area contributed by atoms with E-state index >= 15 is 0 Å². The average molecular weight is 281 g/mol. The van der Waals surface area contributed by atoms with Gasteiger partial charge < -0.3 is 24.7 Å². The lowest BCUT2D eigenvalue weighted by Crippen LogP contribution is -1.95. The second kappa shape index (κ2) is 4.70. The number of hydrogen-bond donors (Lipinski definition) is 5. The highest BCUT2D eigenvalue weighted by atomic mass is 31.2. The van der Waals surface area contributed by atoms with Gasteiger partial charge in [-0.1, -0.05) is 0 Å². The summed E-state index contributed by atoms with van der Waals surface area (Å²) in [6, 6.07) is 2.54. The molecule has 0 aliphatic carbocycles. The Balaban J connectivity index is 3.52. The minimum atomic E-state index is -5.28. The zero-order valence-corrected chi connectivity index (χ0v) is 9.99. The number of rotatable bonds is 3. The summed E-state index contributed by atoms with van der Waals surface area (Å²) in [6.07, 6.45) is 2.34. The first-order valence-corrected chi connectivity index (χ1v) is 7.32. The predicted octanol–water partition coefficient (Wildman–Crippen LogP) is 0.621. The first kappa shape index (κ1) is 14.1. The topological polar surface area (TPSA) is 148 Å². The molecule has 0 spiro atoms. The van der Waals surface area contributed by atoms with Crippen molar-refractivity contribution in [1.82, 2.24) is 4.98 Å². The van der Waals surface area contributed by atoms with Gasteiger partial charge in [0.2, 0.25) is 0 Å². The number of hydrogen-bond acceptors (Lipinski definition) is 4. The fraction of sp³-hybridized carbons (Fsp3) is 0. The Morgan fingerprint density at radius 2 is 1.65 bits per heavy atom. The van der Waals surface area contributed by atoms with Gasteiger partial charge in [0.25, 0.3) is 0 Å². The van der Waals surface area contributed by atoms with Crippen LogP contribution in [0.25, 0.3) is 5.76 Å². The molecule has 0 saturated heterocycles. The van der Waals surface area contributed by atoms with Crippen LogP contribution in [-0.2, 0) is 9.13 Å². The van der Waals surface area contributed by atoms with Crippen LogP contribution in [0.2, 0.25) is 0 Å². The Labute approximate surface area is 95.6 Å². The number of aliphatic hydroxyl groups excluding tert-OH is 1. The number of aliphatic hydroxyl groups is 1. The van der Waals surface area contributed by atoms with Crippen LogP contribution < -0.4 is 0 Å². The maximum atomic E-state index is 11.0. The third-order valence-corrected chi connectivity index (χ3v) is 4.79. The van der Waals surface area contributed by atoms with Crippen LogP contribution in [0, 0.1) is 0 Å². The molecule has 1 aromatic heterocycles. The molecule has 0 aliphatic rings. The second-order valence-electron chi connectivity index (χ2n) is 3.00. The van der Waals surface area contributed by atoms with Crippen molar-refractivity contribution in [2.75, 3.05) is 0 Å². The van der Waals surface area contributed by atoms with Crippen molar-refractivity contribution >= 4 is 21.0 Å². The van der Waals surface area contributed by atoms with Gasteiger partial charge in [-0.15, -0.1) is 0 Å². The van der Waals surface area contributed by atoms with Crippen LogP contribution in [0.5, 0.6) is 0 Å². The highest BCUT2D eigenvalue weighted by molar-refractivity contribution is 7.77. The smallest absolute Gasteiger partial charge is 0.368 e. The molecule has 1 aromatic rings. The molecule has 10 heteroatoms.